The fourth-order valence-corrected chi connectivity index (χ4v) is 5.47. The first-order chi connectivity index (χ1) is 20.9. The molecule has 0 aromatic heterocycles. The van der Waals surface area contributed by atoms with E-state index >= 15 is 0 Å². The maximum atomic E-state index is 13.0. The van der Waals surface area contributed by atoms with Crippen molar-refractivity contribution < 1.29 is 19.0 Å². The number of hydrogen-bond donors (Lipinski definition) is 1. The van der Waals surface area contributed by atoms with Crippen molar-refractivity contribution in [1.82, 2.24) is 5.43 Å². The summed E-state index contributed by atoms with van der Waals surface area (Å²) < 4.78 is 18.7. The molecular weight excluding hydrogens is 651 g/mol. The third kappa shape index (κ3) is 7.68. The van der Waals surface area contributed by atoms with E-state index in [4.69, 9.17) is 37.4 Å². The van der Waals surface area contributed by atoms with Crippen molar-refractivity contribution in [1.29, 1.82) is 0 Å². The quantitative estimate of drug-likeness (QED) is 0.112. The van der Waals surface area contributed by atoms with Crippen molar-refractivity contribution in [2.75, 3.05) is 6.61 Å². The number of benzene rings is 5. The van der Waals surface area contributed by atoms with Gasteiger partial charge < -0.3 is 14.2 Å². The van der Waals surface area contributed by atoms with Crippen LogP contribution in [-0.4, -0.2) is 18.7 Å². The number of fused-ring (bicyclic) bond motifs is 1. The van der Waals surface area contributed by atoms with Crippen LogP contribution in [0.25, 0.3) is 10.8 Å². The Hall–Kier alpha value is -4.04. The van der Waals surface area contributed by atoms with Gasteiger partial charge in [0.05, 0.1) is 22.9 Å². The Balaban J connectivity index is 1.27. The van der Waals surface area contributed by atoms with Crippen LogP contribution in [0.5, 0.6) is 17.2 Å². The van der Waals surface area contributed by atoms with E-state index in [9.17, 15) is 4.79 Å². The highest BCUT2D eigenvalue weighted by Gasteiger charge is 2.15. The third-order valence-electron chi connectivity index (χ3n) is 6.49. The van der Waals surface area contributed by atoms with Gasteiger partial charge in [-0.25, -0.2) is 5.43 Å². The topological polar surface area (TPSA) is 69.2 Å². The molecule has 0 aliphatic carbocycles. The lowest BCUT2D eigenvalue weighted by molar-refractivity contribution is 0.0950. The number of nitrogens with one attached hydrogen (secondary N) is 1. The molecule has 218 valence electrons. The Labute approximate surface area is 268 Å². The number of amides is 1. The molecule has 0 aliphatic heterocycles. The number of carbonyl (C=O) groups is 1. The Morgan fingerprint density at radius 2 is 1.60 bits per heavy atom. The van der Waals surface area contributed by atoms with Crippen molar-refractivity contribution in [2.45, 2.75) is 20.1 Å². The second-order valence-electron chi connectivity index (χ2n) is 9.41. The van der Waals surface area contributed by atoms with E-state index in [0.29, 0.717) is 56.1 Å². The van der Waals surface area contributed by atoms with Gasteiger partial charge in [-0.3, -0.25) is 4.79 Å². The maximum Gasteiger partial charge on any atom is 0.275 e. The predicted molar refractivity (Wildman–Crippen MR) is 176 cm³/mol. The number of ether oxygens (including phenoxy) is 3. The molecule has 1 amide bonds. The van der Waals surface area contributed by atoms with Gasteiger partial charge in [-0.1, -0.05) is 83.9 Å². The van der Waals surface area contributed by atoms with Crippen molar-refractivity contribution in [3.05, 3.63) is 134 Å². The molecule has 0 radical (unpaired) electrons. The average molecular weight is 678 g/mol. The van der Waals surface area contributed by atoms with Gasteiger partial charge in [0.15, 0.2) is 11.5 Å². The van der Waals surface area contributed by atoms with Crippen LogP contribution in [0.3, 0.4) is 0 Å². The molecule has 5 aromatic rings. The highest BCUT2D eigenvalue weighted by atomic mass is 79.9. The molecule has 0 unspecified atom stereocenters. The van der Waals surface area contributed by atoms with Gasteiger partial charge in [0.1, 0.15) is 19.0 Å². The summed E-state index contributed by atoms with van der Waals surface area (Å²) in [5.74, 6) is 1.12. The molecule has 1 N–H and O–H groups in total. The SMILES string of the molecule is CCOc1cc(/C=N/NC(=O)c2ccccc2OCc2ccc(Cl)cc2Cl)cc(Br)c1OCc1cccc2ccccc12. The Morgan fingerprint density at radius 3 is 2.44 bits per heavy atom. The Morgan fingerprint density at radius 1 is 0.837 bits per heavy atom. The minimum atomic E-state index is -0.423. The average Bonchev–Trinajstić information content (AvgIpc) is 3.00. The zero-order valence-corrected chi connectivity index (χ0v) is 26.2. The van der Waals surface area contributed by atoms with Crippen LogP contribution in [0, 0.1) is 0 Å². The van der Waals surface area contributed by atoms with Crippen LogP contribution in [0.15, 0.2) is 107 Å². The minimum absolute atomic E-state index is 0.173. The second-order valence-corrected chi connectivity index (χ2v) is 11.1. The molecule has 0 saturated carbocycles. The molecule has 0 bridgehead atoms. The van der Waals surface area contributed by atoms with E-state index in [2.05, 4.69) is 50.7 Å². The predicted octanol–water partition coefficient (Wildman–Crippen LogP) is 9.23. The number of para-hydroxylation sites is 1. The van der Waals surface area contributed by atoms with Gasteiger partial charge in [0.2, 0.25) is 0 Å². The van der Waals surface area contributed by atoms with Gasteiger partial charge in [0, 0.05) is 15.6 Å². The molecule has 9 heteroatoms. The number of hydrogen-bond acceptors (Lipinski definition) is 5. The zero-order valence-electron chi connectivity index (χ0n) is 23.2. The van der Waals surface area contributed by atoms with E-state index in [1.165, 1.54) is 6.21 Å². The van der Waals surface area contributed by atoms with Crippen LogP contribution < -0.4 is 19.6 Å². The van der Waals surface area contributed by atoms with Crippen LogP contribution in [-0.2, 0) is 13.2 Å². The Kier molecular flexibility index (Phi) is 10.2. The van der Waals surface area contributed by atoms with E-state index in [0.717, 1.165) is 21.9 Å². The minimum Gasteiger partial charge on any atom is -0.490 e. The third-order valence-corrected chi connectivity index (χ3v) is 7.67. The van der Waals surface area contributed by atoms with Crippen LogP contribution >= 0.6 is 39.1 Å². The summed E-state index contributed by atoms with van der Waals surface area (Å²) in [5, 5.41) is 7.48. The number of halogens is 3. The Bertz CT molecular complexity index is 1790. The largest absolute Gasteiger partial charge is 0.490 e. The number of rotatable bonds is 11. The van der Waals surface area contributed by atoms with Gasteiger partial charge in [0.25, 0.3) is 5.91 Å². The molecule has 0 fully saturated rings. The summed E-state index contributed by atoms with van der Waals surface area (Å²) in [6.45, 7) is 2.90. The zero-order chi connectivity index (χ0) is 30.2. The molecular formula is C34H27BrCl2N2O4. The molecule has 0 heterocycles. The smallest absolute Gasteiger partial charge is 0.275 e. The lowest BCUT2D eigenvalue weighted by Crippen LogP contribution is -2.18. The first-order valence-corrected chi connectivity index (χ1v) is 15.0. The summed E-state index contributed by atoms with van der Waals surface area (Å²) >= 11 is 15.9. The van der Waals surface area contributed by atoms with Gasteiger partial charge >= 0.3 is 0 Å². The van der Waals surface area contributed by atoms with Crippen molar-refractivity contribution in [3.8, 4) is 17.2 Å². The lowest BCUT2D eigenvalue weighted by Gasteiger charge is -2.15. The molecule has 0 aliphatic rings. The standard InChI is InChI=1S/C34H27BrCl2N2O4/c1-2-41-32-17-22(16-29(35)33(32)43-20-24-10-7-9-23-8-3-4-11-27(23)24)19-38-39-34(40)28-12-5-6-13-31(28)42-21-25-14-15-26(36)18-30(25)37/h3-19H,2,20-21H2,1H3,(H,39,40)/b38-19+. The summed E-state index contributed by atoms with van der Waals surface area (Å²) in [6.07, 6.45) is 1.54. The number of carbonyl (C=O) groups excluding carboxylic acids is 1. The summed E-state index contributed by atoms with van der Waals surface area (Å²) in [4.78, 5) is 13.0. The fourth-order valence-electron chi connectivity index (χ4n) is 4.43. The van der Waals surface area contributed by atoms with Gasteiger partial charge in [-0.05, 0) is 81.2 Å². The first-order valence-electron chi connectivity index (χ1n) is 13.5. The van der Waals surface area contributed by atoms with Crippen LogP contribution in [0.1, 0.15) is 34.0 Å². The fraction of sp³-hybridized carbons (Fsp3) is 0.118. The van der Waals surface area contributed by atoms with Crippen LogP contribution in [0.4, 0.5) is 0 Å². The van der Waals surface area contributed by atoms with Gasteiger partial charge in [-0.2, -0.15) is 5.10 Å². The normalized spacial score (nSPS) is 11.1. The van der Waals surface area contributed by atoms with Gasteiger partial charge in [-0.15, -0.1) is 0 Å². The van der Waals surface area contributed by atoms with E-state index in [1.807, 2.05) is 37.3 Å². The second kappa shape index (κ2) is 14.4. The highest BCUT2D eigenvalue weighted by Crippen LogP contribution is 2.37. The lowest BCUT2D eigenvalue weighted by atomic mass is 10.1. The molecule has 6 nitrogen and oxygen atoms in total. The molecule has 0 atom stereocenters. The first kappa shape index (κ1) is 30.4. The number of nitrogens with zero attached hydrogens (tertiary/aromatic N) is 1. The van der Waals surface area contributed by atoms with E-state index in [1.54, 1.807) is 42.5 Å². The highest BCUT2D eigenvalue weighted by molar-refractivity contribution is 9.10. The van der Waals surface area contributed by atoms with Crippen LogP contribution in [0.2, 0.25) is 10.0 Å². The molecule has 0 spiro atoms. The monoisotopic (exact) mass is 676 g/mol. The summed E-state index contributed by atoms with van der Waals surface area (Å²) in [6, 6.07) is 30.1. The van der Waals surface area contributed by atoms with Crippen molar-refractivity contribution in [3.63, 3.8) is 0 Å². The molecule has 0 saturated heterocycles. The summed E-state index contributed by atoms with van der Waals surface area (Å²) in [5.41, 5.74) is 5.43. The summed E-state index contributed by atoms with van der Waals surface area (Å²) in [7, 11) is 0. The van der Waals surface area contributed by atoms with Crippen molar-refractivity contribution in [2.24, 2.45) is 5.10 Å². The van der Waals surface area contributed by atoms with E-state index < -0.39 is 5.91 Å². The maximum absolute atomic E-state index is 13.0. The van der Waals surface area contributed by atoms with Crippen molar-refractivity contribution >= 4 is 62.0 Å². The molecule has 5 rings (SSSR count). The number of hydrazone groups is 1. The molecule has 5 aromatic carbocycles. The van der Waals surface area contributed by atoms with E-state index in [-0.39, 0.29) is 6.61 Å². The molecule has 43 heavy (non-hydrogen) atoms.